The Labute approximate surface area is 165 Å². The number of likely N-dealkylation sites (tertiary alicyclic amines) is 1. The fourth-order valence-electron chi connectivity index (χ4n) is 4.79. The lowest BCUT2D eigenvalue weighted by atomic mass is 9.85. The van der Waals surface area contributed by atoms with Gasteiger partial charge in [-0.05, 0) is 37.3 Å². The van der Waals surface area contributed by atoms with Crippen LogP contribution >= 0.6 is 0 Å². The summed E-state index contributed by atoms with van der Waals surface area (Å²) in [6.07, 6.45) is 4.44. The zero-order valence-electron chi connectivity index (χ0n) is 16.4. The van der Waals surface area contributed by atoms with E-state index in [9.17, 15) is 4.79 Å². The number of piperidine rings is 1. The highest BCUT2D eigenvalue weighted by atomic mass is 16.4. The molecule has 0 spiro atoms. The summed E-state index contributed by atoms with van der Waals surface area (Å²) >= 11 is 0. The lowest BCUT2D eigenvalue weighted by molar-refractivity contribution is -0.137. The van der Waals surface area contributed by atoms with Crippen molar-refractivity contribution in [2.75, 3.05) is 19.6 Å². The molecule has 6 heteroatoms. The molecule has 1 amide bonds. The SMILES string of the molecule is CC[C@@H]1C[C@H]1C(=O)N1CC(c2nnc([C@@H]3NCCC[C@@H]3c3ccccc3)o2)C1. The summed E-state index contributed by atoms with van der Waals surface area (Å²) in [4.78, 5) is 14.4. The zero-order chi connectivity index (χ0) is 19.1. The summed E-state index contributed by atoms with van der Waals surface area (Å²) in [6, 6.07) is 10.6. The van der Waals surface area contributed by atoms with Gasteiger partial charge in [-0.1, -0.05) is 43.7 Å². The van der Waals surface area contributed by atoms with Crippen LogP contribution in [0.15, 0.2) is 34.7 Å². The second kappa shape index (κ2) is 7.32. The van der Waals surface area contributed by atoms with Crippen LogP contribution < -0.4 is 5.32 Å². The predicted molar refractivity (Wildman–Crippen MR) is 105 cm³/mol. The monoisotopic (exact) mass is 380 g/mol. The maximum Gasteiger partial charge on any atom is 0.234 e. The number of amides is 1. The van der Waals surface area contributed by atoms with Crippen LogP contribution in [0.3, 0.4) is 0 Å². The molecule has 2 saturated heterocycles. The van der Waals surface area contributed by atoms with Gasteiger partial charge in [0.2, 0.25) is 17.7 Å². The number of carbonyl (C=O) groups is 1. The van der Waals surface area contributed by atoms with E-state index < -0.39 is 0 Å². The van der Waals surface area contributed by atoms with Crippen LogP contribution in [0.1, 0.15) is 67.8 Å². The number of nitrogens with zero attached hydrogens (tertiary/aromatic N) is 3. The van der Waals surface area contributed by atoms with E-state index in [1.807, 2.05) is 11.0 Å². The highest BCUT2D eigenvalue weighted by Crippen LogP contribution is 2.44. The van der Waals surface area contributed by atoms with Crippen molar-refractivity contribution in [2.24, 2.45) is 11.8 Å². The van der Waals surface area contributed by atoms with Crippen molar-refractivity contribution in [3.05, 3.63) is 47.7 Å². The molecule has 1 aromatic carbocycles. The third kappa shape index (κ3) is 3.24. The molecule has 1 aromatic heterocycles. The van der Waals surface area contributed by atoms with Crippen molar-refractivity contribution in [3.63, 3.8) is 0 Å². The van der Waals surface area contributed by atoms with Crippen LogP contribution in [-0.2, 0) is 4.79 Å². The zero-order valence-corrected chi connectivity index (χ0v) is 16.4. The van der Waals surface area contributed by atoms with Crippen molar-refractivity contribution in [3.8, 4) is 0 Å². The molecule has 1 saturated carbocycles. The van der Waals surface area contributed by atoms with Crippen molar-refractivity contribution in [1.29, 1.82) is 0 Å². The highest BCUT2D eigenvalue weighted by molar-refractivity contribution is 5.82. The summed E-state index contributed by atoms with van der Waals surface area (Å²) in [7, 11) is 0. The number of carbonyl (C=O) groups excluding carboxylic acids is 1. The molecular weight excluding hydrogens is 352 g/mol. The van der Waals surface area contributed by atoms with Gasteiger partial charge in [-0.3, -0.25) is 4.79 Å². The molecule has 1 N–H and O–H groups in total. The Kier molecular flexibility index (Phi) is 4.67. The first-order chi connectivity index (χ1) is 13.7. The van der Waals surface area contributed by atoms with Gasteiger partial charge in [-0.15, -0.1) is 10.2 Å². The Morgan fingerprint density at radius 2 is 2.00 bits per heavy atom. The molecular formula is C22H28N4O2. The second-order valence-corrected chi connectivity index (χ2v) is 8.52. The topological polar surface area (TPSA) is 71.3 Å². The van der Waals surface area contributed by atoms with Gasteiger partial charge in [0.05, 0.1) is 12.0 Å². The third-order valence-corrected chi connectivity index (χ3v) is 6.72. The quantitative estimate of drug-likeness (QED) is 0.862. The van der Waals surface area contributed by atoms with Crippen LogP contribution in [0, 0.1) is 11.8 Å². The molecule has 2 aromatic rings. The molecule has 148 valence electrons. The van der Waals surface area contributed by atoms with Crippen LogP contribution in [0.5, 0.6) is 0 Å². The minimum absolute atomic E-state index is 0.0620. The first-order valence-electron chi connectivity index (χ1n) is 10.6. The fraction of sp³-hybridized carbons (Fsp3) is 0.591. The van der Waals surface area contributed by atoms with Crippen molar-refractivity contribution < 1.29 is 9.21 Å². The average Bonchev–Trinajstić information content (AvgIpc) is 3.36. The Balaban J connectivity index is 1.24. The molecule has 1 aliphatic carbocycles. The Bertz CT molecular complexity index is 830. The molecule has 3 aliphatic rings. The van der Waals surface area contributed by atoms with E-state index >= 15 is 0 Å². The lowest BCUT2D eigenvalue weighted by Crippen LogP contribution is -2.49. The standard InChI is InChI=1S/C22H28N4O2/c1-2-14-11-18(14)22(27)26-12-16(13-26)20-24-25-21(28-20)19-17(9-6-10-23-19)15-7-4-3-5-8-15/h3-5,7-8,14,16-19,23H,2,6,9-13H2,1H3/t14-,17-,18-,19-/m1/s1. The number of nitrogens with one attached hydrogen (secondary N) is 1. The summed E-state index contributed by atoms with van der Waals surface area (Å²) in [5, 5.41) is 12.3. The fourth-order valence-corrected chi connectivity index (χ4v) is 4.79. The van der Waals surface area contributed by atoms with Gasteiger partial charge in [0.15, 0.2) is 0 Å². The molecule has 2 aliphatic heterocycles. The van der Waals surface area contributed by atoms with Crippen molar-refractivity contribution >= 4 is 5.91 Å². The largest absolute Gasteiger partial charge is 0.423 e. The van der Waals surface area contributed by atoms with E-state index in [1.54, 1.807) is 0 Å². The van der Waals surface area contributed by atoms with Gasteiger partial charge >= 0.3 is 0 Å². The second-order valence-electron chi connectivity index (χ2n) is 8.52. The number of rotatable bonds is 5. The summed E-state index contributed by atoms with van der Waals surface area (Å²) < 4.78 is 6.10. The molecule has 28 heavy (non-hydrogen) atoms. The molecule has 4 atom stereocenters. The predicted octanol–water partition coefficient (Wildman–Crippen LogP) is 3.25. The molecule has 0 bridgehead atoms. The number of hydrogen-bond donors (Lipinski definition) is 1. The summed E-state index contributed by atoms with van der Waals surface area (Å²) in [6.45, 7) is 4.57. The summed E-state index contributed by atoms with van der Waals surface area (Å²) in [5.74, 6) is 3.09. The van der Waals surface area contributed by atoms with E-state index in [-0.39, 0.29) is 17.9 Å². The van der Waals surface area contributed by atoms with Crippen LogP contribution in [0.2, 0.25) is 0 Å². The molecule has 0 radical (unpaired) electrons. The van der Waals surface area contributed by atoms with E-state index in [0.717, 1.165) is 32.2 Å². The minimum atomic E-state index is 0.0620. The first-order valence-corrected chi connectivity index (χ1v) is 10.6. The smallest absolute Gasteiger partial charge is 0.234 e. The number of aromatic nitrogens is 2. The minimum Gasteiger partial charge on any atom is -0.423 e. The van der Waals surface area contributed by atoms with Crippen LogP contribution in [0.4, 0.5) is 0 Å². The van der Waals surface area contributed by atoms with Crippen LogP contribution in [-0.4, -0.2) is 40.6 Å². The van der Waals surface area contributed by atoms with Gasteiger partial charge in [-0.25, -0.2) is 0 Å². The van der Waals surface area contributed by atoms with E-state index in [1.165, 1.54) is 5.56 Å². The molecule has 3 fully saturated rings. The number of hydrogen-bond acceptors (Lipinski definition) is 5. The maximum absolute atomic E-state index is 12.4. The highest BCUT2D eigenvalue weighted by Gasteiger charge is 2.47. The van der Waals surface area contributed by atoms with Gasteiger partial charge in [0.25, 0.3) is 0 Å². The van der Waals surface area contributed by atoms with E-state index in [2.05, 4.69) is 46.7 Å². The first kappa shape index (κ1) is 17.9. The number of benzene rings is 1. The maximum atomic E-state index is 12.4. The lowest BCUT2D eigenvalue weighted by Gasteiger charge is -2.37. The third-order valence-electron chi connectivity index (χ3n) is 6.72. The molecule has 6 nitrogen and oxygen atoms in total. The van der Waals surface area contributed by atoms with Gasteiger partial charge in [0, 0.05) is 24.9 Å². The molecule has 0 unspecified atom stereocenters. The van der Waals surface area contributed by atoms with Gasteiger partial charge < -0.3 is 14.6 Å². The van der Waals surface area contributed by atoms with Gasteiger partial charge in [-0.2, -0.15) is 0 Å². The Morgan fingerprint density at radius 1 is 1.21 bits per heavy atom. The Morgan fingerprint density at radius 3 is 2.75 bits per heavy atom. The van der Waals surface area contributed by atoms with Gasteiger partial charge in [0.1, 0.15) is 0 Å². The van der Waals surface area contributed by atoms with E-state index in [4.69, 9.17) is 4.42 Å². The van der Waals surface area contributed by atoms with E-state index in [0.29, 0.717) is 42.6 Å². The molecule has 5 rings (SSSR count). The molecule has 3 heterocycles. The van der Waals surface area contributed by atoms with Crippen molar-refractivity contribution in [2.45, 2.75) is 50.5 Å². The van der Waals surface area contributed by atoms with Crippen molar-refractivity contribution in [1.82, 2.24) is 20.4 Å². The normalized spacial score (nSPS) is 30.1. The Hall–Kier alpha value is -2.21. The summed E-state index contributed by atoms with van der Waals surface area (Å²) in [5.41, 5.74) is 1.31. The average molecular weight is 380 g/mol. The van der Waals surface area contributed by atoms with Crippen LogP contribution in [0.25, 0.3) is 0 Å².